The summed E-state index contributed by atoms with van der Waals surface area (Å²) in [6.45, 7) is 3.45. The molecule has 1 amide bonds. The van der Waals surface area contributed by atoms with Crippen molar-refractivity contribution in [1.82, 2.24) is 4.90 Å². The number of hydrogen-bond acceptors (Lipinski definition) is 2. The van der Waals surface area contributed by atoms with Crippen LogP contribution in [0.5, 0.6) is 0 Å². The molecule has 92 valence electrons. The Hall–Kier alpha value is -0.620. The fraction of sp³-hybridized carbons (Fsp3) is 0.462. The van der Waals surface area contributed by atoms with Crippen molar-refractivity contribution in [2.45, 2.75) is 25.8 Å². The standard InChI is InChI=1S/C13H17IN2O/c1-9-4-5-10(7-12(9)14)13(17)16-6-2-3-11(16)8-15/h4-5,7,11H,2-3,6,8,15H2,1H3. The molecule has 0 aromatic heterocycles. The number of carbonyl (C=O) groups excluding carboxylic acids is 1. The molecule has 1 aliphatic heterocycles. The van der Waals surface area contributed by atoms with Crippen molar-refractivity contribution in [3.63, 3.8) is 0 Å². The summed E-state index contributed by atoms with van der Waals surface area (Å²) in [5, 5.41) is 0. The minimum atomic E-state index is 0.121. The molecule has 0 radical (unpaired) electrons. The molecule has 1 aromatic carbocycles. The van der Waals surface area contributed by atoms with Crippen LogP contribution in [0.2, 0.25) is 0 Å². The van der Waals surface area contributed by atoms with Gasteiger partial charge < -0.3 is 10.6 Å². The first-order valence-electron chi connectivity index (χ1n) is 5.90. The molecule has 17 heavy (non-hydrogen) atoms. The first-order valence-corrected chi connectivity index (χ1v) is 6.98. The molecule has 3 nitrogen and oxygen atoms in total. The van der Waals surface area contributed by atoms with Gasteiger partial charge in [0.15, 0.2) is 0 Å². The predicted molar refractivity (Wildman–Crippen MR) is 77.0 cm³/mol. The quantitative estimate of drug-likeness (QED) is 0.836. The zero-order valence-corrected chi connectivity index (χ0v) is 12.1. The molecule has 2 rings (SSSR count). The second kappa shape index (κ2) is 5.35. The van der Waals surface area contributed by atoms with Crippen LogP contribution in [0.25, 0.3) is 0 Å². The van der Waals surface area contributed by atoms with Crippen molar-refractivity contribution in [3.8, 4) is 0 Å². The number of likely N-dealkylation sites (tertiary alicyclic amines) is 1. The molecular formula is C13H17IN2O. The summed E-state index contributed by atoms with van der Waals surface area (Å²) < 4.78 is 1.14. The maximum atomic E-state index is 12.3. The molecule has 4 heteroatoms. The zero-order valence-electron chi connectivity index (χ0n) is 9.95. The molecule has 0 saturated carbocycles. The lowest BCUT2D eigenvalue weighted by Gasteiger charge is -2.23. The Bertz CT molecular complexity index is 433. The lowest BCUT2D eigenvalue weighted by Crippen LogP contribution is -2.39. The van der Waals surface area contributed by atoms with Crippen LogP contribution in [0.3, 0.4) is 0 Å². The molecule has 1 aromatic rings. The topological polar surface area (TPSA) is 46.3 Å². The second-order valence-corrected chi connectivity index (χ2v) is 5.66. The van der Waals surface area contributed by atoms with Crippen molar-refractivity contribution in [2.75, 3.05) is 13.1 Å². The van der Waals surface area contributed by atoms with Crippen LogP contribution in [0.4, 0.5) is 0 Å². The van der Waals surface area contributed by atoms with Gasteiger partial charge in [-0.05, 0) is 60.1 Å². The van der Waals surface area contributed by atoms with Crippen LogP contribution in [0, 0.1) is 10.5 Å². The van der Waals surface area contributed by atoms with Gasteiger partial charge in [0.25, 0.3) is 5.91 Å². The molecule has 1 heterocycles. The van der Waals surface area contributed by atoms with E-state index < -0.39 is 0 Å². The largest absolute Gasteiger partial charge is 0.334 e. The Balaban J connectivity index is 2.21. The minimum absolute atomic E-state index is 0.121. The molecule has 1 atom stereocenters. The van der Waals surface area contributed by atoms with E-state index in [2.05, 4.69) is 29.5 Å². The number of carbonyl (C=O) groups is 1. The second-order valence-electron chi connectivity index (χ2n) is 4.49. The van der Waals surface area contributed by atoms with Gasteiger partial charge in [0.2, 0.25) is 0 Å². The molecule has 0 spiro atoms. The highest BCUT2D eigenvalue weighted by atomic mass is 127. The Labute approximate surface area is 116 Å². The van der Waals surface area contributed by atoms with Crippen LogP contribution < -0.4 is 5.73 Å². The number of benzene rings is 1. The first-order chi connectivity index (χ1) is 8.13. The summed E-state index contributed by atoms with van der Waals surface area (Å²) in [5.74, 6) is 0.121. The van der Waals surface area contributed by atoms with Gasteiger partial charge in [-0.1, -0.05) is 6.07 Å². The van der Waals surface area contributed by atoms with Crippen molar-refractivity contribution in [1.29, 1.82) is 0 Å². The minimum Gasteiger partial charge on any atom is -0.334 e. The molecule has 0 bridgehead atoms. The van der Waals surface area contributed by atoms with Crippen LogP contribution >= 0.6 is 22.6 Å². The summed E-state index contributed by atoms with van der Waals surface area (Å²) >= 11 is 2.27. The lowest BCUT2D eigenvalue weighted by molar-refractivity contribution is 0.0741. The monoisotopic (exact) mass is 344 g/mol. The molecular weight excluding hydrogens is 327 g/mol. The third-order valence-electron chi connectivity index (χ3n) is 3.33. The van der Waals surface area contributed by atoms with Gasteiger partial charge in [0.05, 0.1) is 0 Å². The van der Waals surface area contributed by atoms with Crippen LogP contribution in [0.15, 0.2) is 18.2 Å². The lowest BCUT2D eigenvalue weighted by atomic mass is 10.1. The van der Waals surface area contributed by atoms with E-state index in [-0.39, 0.29) is 11.9 Å². The number of aryl methyl sites for hydroxylation is 1. The number of amides is 1. The van der Waals surface area contributed by atoms with E-state index >= 15 is 0 Å². The third-order valence-corrected chi connectivity index (χ3v) is 4.49. The average molecular weight is 344 g/mol. The van der Waals surface area contributed by atoms with Gasteiger partial charge >= 0.3 is 0 Å². The molecule has 2 N–H and O–H groups in total. The van der Waals surface area contributed by atoms with Gasteiger partial charge in [0.1, 0.15) is 0 Å². The van der Waals surface area contributed by atoms with E-state index in [1.807, 2.05) is 23.1 Å². The maximum absolute atomic E-state index is 12.3. The van der Waals surface area contributed by atoms with Crippen LogP contribution in [-0.2, 0) is 0 Å². The fourth-order valence-corrected chi connectivity index (χ4v) is 2.76. The summed E-state index contributed by atoms with van der Waals surface area (Å²) in [7, 11) is 0. The number of hydrogen-bond donors (Lipinski definition) is 1. The van der Waals surface area contributed by atoms with Gasteiger partial charge in [-0.15, -0.1) is 0 Å². The zero-order chi connectivity index (χ0) is 12.4. The van der Waals surface area contributed by atoms with Crippen LogP contribution in [0.1, 0.15) is 28.8 Å². The van der Waals surface area contributed by atoms with Gasteiger partial charge in [-0.25, -0.2) is 0 Å². The Morgan fingerprint density at radius 1 is 1.59 bits per heavy atom. The number of rotatable bonds is 2. The van der Waals surface area contributed by atoms with Crippen molar-refractivity contribution < 1.29 is 4.79 Å². The van der Waals surface area contributed by atoms with Crippen molar-refractivity contribution in [2.24, 2.45) is 5.73 Å². The highest BCUT2D eigenvalue weighted by Crippen LogP contribution is 2.21. The van der Waals surface area contributed by atoms with E-state index in [0.29, 0.717) is 6.54 Å². The van der Waals surface area contributed by atoms with E-state index in [1.165, 1.54) is 5.56 Å². The van der Waals surface area contributed by atoms with Gasteiger partial charge in [-0.3, -0.25) is 4.79 Å². The highest BCUT2D eigenvalue weighted by molar-refractivity contribution is 14.1. The Morgan fingerprint density at radius 3 is 3.00 bits per heavy atom. The summed E-state index contributed by atoms with van der Waals surface area (Å²) in [4.78, 5) is 14.3. The maximum Gasteiger partial charge on any atom is 0.254 e. The van der Waals surface area contributed by atoms with Crippen molar-refractivity contribution >= 4 is 28.5 Å². The van der Waals surface area contributed by atoms with Gasteiger partial charge in [0, 0.05) is 28.3 Å². The van der Waals surface area contributed by atoms with Crippen molar-refractivity contribution in [3.05, 3.63) is 32.9 Å². The molecule has 1 saturated heterocycles. The van der Waals surface area contributed by atoms with E-state index in [0.717, 1.165) is 28.5 Å². The summed E-state index contributed by atoms with van der Waals surface area (Å²) in [6, 6.07) is 6.10. The van der Waals surface area contributed by atoms with E-state index in [1.54, 1.807) is 0 Å². The Morgan fingerprint density at radius 2 is 2.35 bits per heavy atom. The SMILES string of the molecule is Cc1ccc(C(=O)N2CCCC2CN)cc1I. The van der Waals surface area contributed by atoms with E-state index in [4.69, 9.17) is 5.73 Å². The number of nitrogens with two attached hydrogens (primary N) is 1. The Kier molecular flexibility index (Phi) is 4.04. The third kappa shape index (κ3) is 2.63. The summed E-state index contributed by atoms with van der Waals surface area (Å²) in [5.41, 5.74) is 7.68. The molecule has 1 unspecified atom stereocenters. The first kappa shape index (κ1) is 12.8. The highest BCUT2D eigenvalue weighted by Gasteiger charge is 2.28. The summed E-state index contributed by atoms with van der Waals surface area (Å²) in [6.07, 6.45) is 2.10. The van der Waals surface area contributed by atoms with Gasteiger partial charge in [-0.2, -0.15) is 0 Å². The van der Waals surface area contributed by atoms with Crippen LogP contribution in [-0.4, -0.2) is 29.9 Å². The van der Waals surface area contributed by atoms with E-state index in [9.17, 15) is 4.79 Å². The number of nitrogens with zero attached hydrogens (tertiary/aromatic N) is 1. The molecule has 1 aliphatic rings. The smallest absolute Gasteiger partial charge is 0.254 e. The predicted octanol–water partition coefficient (Wildman–Crippen LogP) is 2.16. The average Bonchev–Trinajstić information content (AvgIpc) is 2.80. The fourth-order valence-electron chi connectivity index (χ4n) is 2.24. The molecule has 0 aliphatic carbocycles. The normalized spacial score (nSPS) is 19.7. The molecule has 1 fully saturated rings. The number of halogens is 1.